The summed E-state index contributed by atoms with van der Waals surface area (Å²) in [7, 11) is 0. The van der Waals surface area contributed by atoms with Gasteiger partial charge in [0.05, 0.1) is 11.1 Å². The maximum Gasteiger partial charge on any atom is 0.336 e. The van der Waals surface area contributed by atoms with Crippen LogP contribution in [0.25, 0.3) is 10.8 Å². The van der Waals surface area contributed by atoms with Crippen LogP contribution in [0.3, 0.4) is 0 Å². The van der Waals surface area contributed by atoms with Gasteiger partial charge in [0.15, 0.2) is 0 Å². The monoisotopic (exact) mass is 250 g/mol. The molecule has 0 aliphatic heterocycles. The fraction of sp³-hybridized carbons (Fsp3) is 0. The predicted octanol–water partition coefficient (Wildman–Crippen LogP) is 2.89. The first kappa shape index (κ1) is 11.4. The lowest BCUT2D eigenvalue weighted by molar-refractivity contribution is 0.0684. The van der Waals surface area contributed by atoms with Crippen LogP contribution in [0.1, 0.15) is 20.7 Å². The summed E-state index contributed by atoms with van der Waals surface area (Å²) < 4.78 is 0. The number of aromatic carboxylic acids is 2. The van der Waals surface area contributed by atoms with E-state index < -0.39 is 11.9 Å². The Bertz CT molecular complexity index is 634. The molecule has 2 N–H and O–H groups in total. The van der Waals surface area contributed by atoms with Gasteiger partial charge in [0.1, 0.15) is 0 Å². The summed E-state index contributed by atoms with van der Waals surface area (Å²) in [5, 5.41) is 18.8. The fourth-order valence-electron chi connectivity index (χ4n) is 1.73. The van der Waals surface area contributed by atoms with E-state index in [1.165, 1.54) is 24.3 Å². The number of carboxylic acids is 2. The lowest BCUT2D eigenvalue weighted by Gasteiger charge is -2.07. The Morgan fingerprint density at radius 3 is 2.12 bits per heavy atom. The van der Waals surface area contributed by atoms with Crippen LogP contribution in [-0.2, 0) is 0 Å². The molecular formula is C12H7ClO4. The van der Waals surface area contributed by atoms with Crippen LogP contribution in [-0.4, -0.2) is 22.2 Å². The molecule has 0 saturated heterocycles. The van der Waals surface area contributed by atoms with Gasteiger partial charge >= 0.3 is 11.9 Å². The van der Waals surface area contributed by atoms with E-state index in [2.05, 4.69) is 0 Å². The Morgan fingerprint density at radius 2 is 1.53 bits per heavy atom. The third-order valence-electron chi connectivity index (χ3n) is 2.45. The summed E-state index contributed by atoms with van der Waals surface area (Å²) in [5.74, 6) is -2.26. The Labute approximate surface area is 101 Å². The van der Waals surface area contributed by atoms with Gasteiger partial charge in [-0.2, -0.15) is 0 Å². The number of halogens is 1. The smallest absolute Gasteiger partial charge is 0.336 e. The van der Waals surface area contributed by atoms with Crippen molar-refractivity contribution in [2.24, 2.45) is 0 Å². The average molecular weight is 251 g/mol. The first-order chi connectivity index (χ1) is 8.02. The van der Waals surface area contributed by atoms with Crippen LogP contribution >= 0.6 is 11.6 Å². The van der Waals surface area contributed by atoms with Gasteiger partial charge in [-0.1, -0.05) is 23.7 Å². The molecule has 2 aromatic rings. The van der Waals surface area contributed by atoms with Crippen LogP contribution in [0.2, 0.25) is 5.02 Å². The highest BCUT2D eigenvalue weighted by Crippen LogP contribution is 2.29. The molecule has 0 heterocycles. The standard InChI is InChI=1S/C12H7ClO4/c13-9-3-1-2-6-7(11(14)15)4-5-8(10(6)9)12(16)17/h1-5H,(H,14,15)(H,16,17). The third kappa shape index (κ3) is 1.83. The van der Waals surface area contributed by atoms with Crippen molar-refractivity contribution < 1.29 is 19.8 Å². The van der Waals surface area contributed by atoms with Gasteiger partial charge in [0, 0.05) is 10.4 Å². The quantitative estimate of drug-likeness (QED) is 0.859. The summed E-state index contributed by atoms with van der Waals surface area (Å²) in [6.07, 6.45) is 0. The van der Waals surface area contributed by atoms with Gasteiger partial charge in [-0.3, -0.25) is 0 Å². The fourth-order valence-corrected chi connectivity index (χ4v) is 2.00. The first-order valence-corrected chi connectivity index (χ1v) is 5.08. The molecule has 86 valence electrons. The van der Waals surface area contributed by atoms with Gasteiger partial charge in [-0.15, -0.1) is 0 Å². The molecule has 0 aromatic heterocycles. The van der Waals surface area contributed by atoms with E-state index in [1.807, 2.05) is 0 Å². The number of hydrogen-bond acceptors (Lipinski definition) is 2. The van der Waals surface area contributed by atoms with E-state index in [-0.39, 0.29) is 21.5 Å². The number of benzene rings is 2. The summed E-state index contributed by atoms with van der Waals surface area (Å²) in [5.41, 5.74) is 0.0306. The second kappa shape index (κ2) is 4.07. The Hall–Kier alpha value is -2.07. The van der Waals surface area contributed by atoms with E-state index in [9.17, 15) is 9.59 Å². The van der Waals surface area contributed by atoms with Crippen molar-refractivity contribution in [3.8, 4) is 0 Å². The largest absolute Gasteiger partial charge is 0.478 e. The van der Waals surface area contributed by atoms with Crippen molar-refractivity contribution >= 4 is 34.3 Å². The minimum absolute atomic E-state index is 0.00407. The Balaban J connectivity index is 2.96. The lowest BCUT2D eigenvalue weighted by Crippen LogP contribution is -2.03. The minimum Gasteiger partial charge on any atom is -0.478 e. The average Bonchev–Trinajstić information content (AvgIpc) is 2.27. The number of rotatable bonds is 2. The van der Waals surface area contributed by atoms with Gasteiger partial charge in [-0.25, -0.2) is 9.59 Å². The molecule has 2 rings (SSSR count). The van der Waals surface area contributed by atoms with Gasteiger partial charge in [-0.05, 0) is 23.6 Å². The van der Waals surface area contributed by atoms with E-state index in [0.29, 0.717) is 5.39 Å². The highest BCUT2D eigenvalue weighted by Gasteiger charge is 2.16. The Kier molecular flexibility index (Phi) is 2.73. The van der Waals surface area contributed by atoms with Crippen LogP contribution in [0.5, 0.6) is 0 Å². The maximum atomic E-state index is 11.0. The lowest BCUT2D eigenvalue weighted by atomic mass is 9.99. The number of fused-ring (bicyclic) bond motifs is 1. The van der Waals surface area contributed by atoms with Crippen LogP contribution in [0.15, 0.2) is 30.3 Å². The SMILES string of the molecule is O=C(O)c1ccc(C(=O)O)c2c(Cl)cccc12. The molecule has 0 radical (unpaired) electrons. The molecule has 0 amide bonds. The molecule has 0 aliphatic carbocycles. The molecule has 0 aliphatic rings. The summed E-state index contributed by atoms with van der Waals surface area (Å²) in [6, 6.07) is 7.17. The number of carbonyl (C=O) groups is 2. The van der Waals surface area contributed by atoms with E-state index in [0.717, 1.165) is 0 Å². The normalized spacial score (nSPS) is 10.4. The molecule has 17 heavy (non-hydrogen) atoms. The molecule has 2 aromatic carbocycles. The molecular weight excluding hydrogens is 244 g/mol. The third-order valence-corrected chi connectivity index (χ3v) is 2.77. The number of carboxylic acid groups (broad SMARTS) is 2. The zero-order valence-electron chi connectivity index (χ0n) is 8.48. The second-order valence-electron chi connectivity index (χ2n) is 3.43. The molecule has 4 nitrogen and oxygen atoms in total. The van der Waals surface area contributed by atoms with Crippen molar-refractivity contribution in [3.05, 3.63) is 46.5 Å². The summed E-state index contributed by atoms with van der Waals surface area (Å²) >= 11 is 5.93. The second-order valence-corrected chi connectivity index (χ2v) is 3.84. The van der Waals surface area contributed by atoms with Crippen LogP contribution in [0.4, 0.5) is 0 Å². The molecule has 0 atom stereocenters. The maximum absolute atomic E-state index is 11.0. The minimum atomic E-state index is -1.14. The highest BCUT2D eigenvalue weighted by molar-refractivity contribution is 6.37. The van der Waals surface area contributed by atoms with Crippen molar-refractivity contribution in [1.29, 1.82) is 0 Å². The molecule has 0 unspecified atom stereocenters. The van der Waals surface area contributed by atoms with Crippen molar-refractivity contribution in [1.82, 2.24) is 0 Å². The van der Waals surface area contributed by atoms with E-state index in [1.54, 1.807) is 6.07 Å². The molecule has 0 saturated carbocycles. The summed E-state index contributed by atoms with van der Waals surface area (Å²) in [6.45, 7) is 0. The molecule has 0 bridgehead atoms. The zero-order chi connectivity index (χ0) is 12.6. The predicted molar refractivity (Wildman–Crippen MR) is 62.9 cm³/mol. The van der Waals surface area contributed by atoms with Crippen molar-refractivity contribution in [2.75, 3.05) is 0 Å². The molecule has 0 spiro atoms. The number of hydrogen-bond donors (Lipinski definition) is 2. The van der Waals surface area contributed by atoms with Gasteiger partial charge in [0.2, 0.25) is 0 Å². The Morgan fingerprint density at radius 1 is 0.941 bits per heavy atom. The van der Waals surface area contributed by atoms with E-state index in [4.69, 9.17) is 21.8 Å². The topological polar surface area (TPSA) is 74.6 Å². The van der Waals surface area contributed by atoms with E-state index >= 15 is 0 Å². The molecule has 5 heteroatoms. The molecule has 0 fully saturated rings. The van der Waals surface area contributed by atoms with Crippen molar-refractivity contribution in [3.63, 3.8) is 0 Å². The van der Waals surface area contributed by atoms with Gasteiger partial charge in [0.25, 0.3) is 0 Å². The van der Waals surface area contributed by atoms with Gasteiger partial charge < -0.3 is 10.2 Å². The van der Waals surface area contributed by atoms with Crippen LogP contribution < -0.4 is 0 Å². The van der Waals surface area contributed by atoms with Crippen LogP contribution in [0, 0.1) is 0 Å². The zero-order valence-corrected chi connectivity index (χ0v) is 9.23. The first-order valence-electron chi connectivity index (χ1n) is 4.70. The van der Waals surface area contributed by atoms with Crippen molar-refractivity contribution in [2.45, 2.75) is 0 Å². The highest BCUT2D eigenvalue weighted by atomic mass is 35.5. The summed E-state index contributed by atoms with van der Waals surface area (Å²) in [4.78, 5) is 22.1.